The van der Waals surface area contributed by atoms with Gasteiger partial charge in [0.15, 0.2) is 0 Å². The number of nitrogens with one attached hydrogen (secondary N) is 1. The van der Waals surface area contributed by atoms with E-state index in [0.717, 1.165) is 0 Å². The molecule has 8 nitrogen and oxygen atoms in total. The lowest BCUT2D eigenvalue weighted by Crippen LogP contribution is -2.44. The summed E-state index contributed by atoms with van der Waals surface area (Å²) < 4.78 is 30.5. The van der Waals surface area contributed by atoms with Crippen molar-refractivity contribution in [1.29, 1.82) is 0 Å². The number of rotatable bonds is 5. The molecule has 0 saturated carbocycles. The molecule has 0 bridgehead atoms. The van der Waals surface area contributed by atoms with Crippen LogP contribution in [0.3, 0.4) is 0 Å². The number of amides is 1. The number of anilines is 1. The number of carbonyl (C=O) groups is 1. The van der Waals surface area contributed by atoms with Gasteiger partial charge in [0.25, 0.3) is 5.56 Å². The minimum Gasteiger partial charge on any atom is -0.320 e. The number of sulfonamides is 1. The van der Waals surface area contributed by atoms with Crippen LogP contribution in [0.1, 0.15) is 18.5 Å². The Kier molecular flexibility index (Phi) is 6.03. The number of aromatic nitrogens is 2. The van der Waals surface area contributed by atoms with Gasteiger partial charge in [-0.3, -0.25) is 14.3 Å². The standard InChI is InChI=1S/C23H26N4O4S/c1-17-21(23(29)27(25(17)2)19-11-5-3-6-12-19)24-22(28)18-10-9-15-26(16-18)32(30,31)20-13-7-4-8-14-20/h3-8,11-14,18H,9-10,15-16H2,1-2H3,(H,24,28). The fourth-order valence-electron chi connectivity index (χ4n) is 4.05. The van der Waals surface area contributed by atoms with Gasteiger partial charge in [-0.1, -0.05) is 36.4 Å². The molecule has 1 fully saturated rings. The third kappa shape index (κ3) is 4.01. The van der Waals surface area contributed by atoms with E-state index in [1.807, 2.05) is 30.3 Å². The van der Waals surface area contributed by atoms with E-state index < -0.39 is 15.9 Å². The van der Waals surface area contributed by atoms with Crippen molar-refractivity contribution >= 4 is 21.6 Å². The van der Waals surface area contributed by atoms with Gasteiger partial charge >= 0.3 is 0 Å². The van der Waals surface area contributed by atoms with Crippen LogP contribution in [-0.4, -0.2) is 41.1 Å². The van der Waals surface area contributed by atoms with Gasteiger partial charge in [-0.2, -0.15) is 4.31 Å². The van der Waals surface area contributed by atoms with E-state index in [0.29, 0.717) is 30.8 Å². The van der Waals surface area contributed by atoms with Gasteiger partial charge in [-0.25, -0.2) is 13.1 Å². The lowest BCUT2D eigenvalue weighted by atomic mass is 9.99. The zero-order chi connectivity index (χ0) is 22.9. The van der Waals surface area contributed by atoms with Gasteiger partial charge in [-0.05, 0) is 44.0 Å². The molecule has 1 aliphatic rings. The first-order valence-corrected chi connectivity index (χ1v) is 11.9. The summed E-state index contributed by atoms with van der Waals surface area (Å²) in [6.45, 7) is 2.22. The predicted molar refractivity (Wildman–Crippen MR) is 122 cm³/mol. The van der Waals surface area contributed by atoms with E-state index in [2.05, 4.69) is 5.32 Å². The molecule has 4 rings (SSSR count). The van der Waals surface area contributed by atoms with Crippen molar-refractivity contribution in [2.45, 2.75) is 24.7 Å². The summed E-state index contributed by atoms with van der Waals surface area (Å²) in [5.41, 5.74) is 1.21. The van der Waals surface area contributed by atoms with E-state index in [4.69, 9.17) is 0 Å². The first kappa shape index (κ1) is 22.0. The minimum absolute atomic E-state index is 0.0851. The summed E-state index contributed by atoms with van der Waals surface area (Å²) in [5.74, 6) is -0.879. The van der Waals surface area contributed by atoms with Crippen molar-refractivity contribution in [1.82, 2.24) is 13.7 Å². The Bertz CT molecular complexity index is 1280. The van der Waals surface area contributed by atoms with Crippen LogP contribution in [-0.2, 0) is 21.9 Å². The molecule has 168 valence electrons. The highest BCUT2D eigenvalue weighted by Crippen LogP contribution is 2.25. The second kappa shape index (κ2) is 8.76. The minimum atomic E-state index is -3.67. The predicted octanol–water partition coefficient (Wildman–Crippen LogP) is 2.52. The SMILES string of the molecule is Cc1c(NC(=O)C2CCCN(S(=O)(=O)c3ccccc3)C2)c(=O)n(-c2ccccc2)n1C. The Morgan fingerprint density at radius 2 is 1.66 bits per heavy atom. The number of para-hydroxylation sites is 1. The van der Waals surface area contributed by atoms with Crippen molar-refractivity contribution in [3.8, 4) is 5.69 Å². The molecular weight excluding hydrogens is 428 g/mol. The lowest BCUT2D eigenvalue weighted by Gasteiger charge is -2.31. The summed E-state index contributed by atoms with van der Waals surface area (Å²) in [6.07, 6.45) is 1.14. The second-order valence-electron chi connectivity index (χ2n) is 7.94. The fraction of sp³-hybridized carbons (Fsp3) is 0.304. The molecular formula is C23H26N4O4S. The van der Waals surface area contributed by atoms with E-state index >= 15 is 0 Å². The lowest BCUT2D eigenvalue weighted by molar-refractivity contribution is -0.120. The largest absolute Gasteiger partial charge is 0.320 e. The highest BCUT2D eigenvalue weighted by atomic mass is 32.2. The van der Waals surface area contributed by atoms with Gasteiger partial charge < -0.3 is 5.32 Å². The molecule has 32 heavy (non-hydrogen) atoms. The summed E-state index contributed by atoms with van der Waals surface area (Å²) in [5, 5.41) is 2.78. The highest BCUT2D eigenvalue weighted by molar-refractivity contribution is 7.89. The number of nitrogens with zero attached hydrogens (tertiary/aromatic N) is 3. The van der Waals surface area contributed by atoms with E-state index in [1.165, 1.54) is 8.99 Å². The van der Waals surface area contributed by atoms with Crippen LogP contribution >= 0.6 is 0 Å². The quantitative estimate of drug-likeness (QED) is 0.641. The van der Waals surface area contributed by atoms with Crippen LogP contribution in [0.4, 0.5) is 5.69 Å². The number of benzene rings is 2. The smallest absolute Gasteiger partial charge is 0.295 e. The number of hydrogen-bond donors (Lipinski definition) is 1. The van der Waals surface area contributed by atoms with Crippen LogP contribution in [0, 0.1) is 12.8 Å². The average molecular weight is 455 g/mol. The molecule has 0 aliphatic carbocycles. The molecule has 1 atom stereocenters. The van der Waals surface area contributed by atoms with E-state index in [9.17, 15) is 18.0 Å². The normalized spacial score (nSPS) is 17.2. The molecule has 2 heterocycles. The summed E-state index contributed by atoms with van der Waals surface area (Å²) in [7, 11) is -1.91. The molecule has 1 aromatic heterocycles. The van der Waals surface area contributed by atoms with Crippen LogP contribution < -0.4 is 10.9 Å². The Balaban J connectivity index is 1.56. The Hall–Kier alpha value is -3.17. The zero-order valence-electron chi connectivity index (χ0n) is 18.1. The van der Waals surface area contributed by atoms with Crippen LogP contribution in [0.5, 0.6) is 0 Å². The first-order chi connectivity index (χ1) is 15.3. The van der Waals surface area contributed by atoms with E-state index in [-0.39, 0.29) is 28.6 Å². The topological polar surface area (TPSA) is 93.4 Å². The average Bonchev–Trinajstić information content (AvgIpc) is 3.03. The first-order valence-electron chi connectivity index (χ1n) is 10.5. The summed E-state index contributed by atoms with van der Waals surface area (Å²) in [6, 6.07) is 17.4. The third-order valence-corrected chi connectivity index (χ3v) is 7.82. The van der Waals surface area contributed by atoms with Crippen molar-refractivity contribution in [3.63, 3.8) is 0 Å². The summed E-state index contributed by atoms with van der Waals surface area (Å²) >= 11 is 0. The Morgan fingerprint density at radius 3 is 2.31 bits per heavy atom. The highest BCUT2D eigenvalue weighted by Gasteiger charge is 2.34. The molecule has 1 saturated heterocycles. The van der Waals surface area contributed by atoms with Gasteiger partial charge in [-0.15, -0.1) is 0 Å². The summed E-state index contributed by atoms with van der Waals surface area (Å²) in [4.78, 5) is 26.3. The van der Waals surface area contributed by atoms with Gasteiger partial charge in [0.1, 0.15) is 5.69 Å². The van der Waals surface area contributed by atoms with Crippen molar-refractivity contribution in [2.24, 2.45) is 13.0 Å². The van der Waals surface area contributed by atoms with Crippen LogP contribution in [0.2, 0.25) is 0 Å². The maximum absolute atomic E-state index is 13.1. The van der Waals surface area contributed by atoms with Gasteiger partial charge in [0, 0.05) is 20.1 Å². The van der Waals surface area contributed by atoms with Gasteiger partial charge in [0.2, 0.25) is 15.9 Å². The van der Waals surface area contributed by atoms with Crippen LogP contribution in [0.15, 0.2) is 70.4 Å². The third-order valence-electron chi connectivity index (χ3n) is 5.94. The molecule has 9 heteroatoms. The molecule has 1 aliphatic heterocycles. The molecule has 3 aromatic rings. The Morgan fingerprint density at radius 1 is 1.03 bits per heavy atom. The zero-order valence-corrected chi connectivity index (χ0v) is 18.9. The molecule has 0 radical (unpaired) electrons. The maximum Gasteiger partial charge on any atom is 0.295 e. The number of hydrogen-bond acceptors (Lipinski definition) is 4. The van der Waals surface area contributed by atoms with Crippen molar-refractivity contribution in [2.75, 3.05) is 18.4 Å². The number of carbonyl (C=O) groups excluding carboxylic acids is 1. The van der Waals surface area contributed by atoms with E-state index in [1.54, 1.807) is 49.0 Å². The molecule has 1 unspecified atom stereocenters. The molecule has 0 spiro atoms. The number of piperidine rings is 1. The maximum atomic E-state index is 13.1. The second-order valence-corrected chi connectivity index (χ2v) is 9.88. The van der Waals surface area contributed by atoms with Crippen LogP contribution in [0.25, 0.3) is 5.69 Å². The molecule has 1 N–H and O–H groups in total. The molecule has 2 aromatic carbocycles. The Labute approximate surface area is 187 Å². The molecule has 1 amide bonds. The fourth-order valence-corrected chi connectivity index (χ4v) is 5.60. The van der Waals surface area contributed by atoms with Crippen molar-refractivity contribution in [3.05, 3.63) is 76.7 Å². The van der Waals surface area contributed by atoms with Gasteiger partial charge in [0.05, 0.1) is 22.2 Å². The van der Waals surface area contributed by atoms with Crippen molar-refractivity contribution < 1.29 is 13.2 Å². The monoisotopic (exact) mass is 454 g/mol.